The Morgan fingerprint density at radius 3 is 1.34 bits per heavy atom. The molecule has 2 aliphatic heterocycles. The van der Waals surface area contributed by atoms with Crippen molar-refractivity contribution in [3.63, 3.8) is 0 Å². The van der Waals surface area contributed by atoms with Gasteiger partial charge in [0.1, 0.15) is 17.7 Å². The minimum absolute atomic E-state index is 0.106. The molecule has 0 aliphatic carbocycles. The number of nitrogens with zero attached hydrogens (tertiary/aromatic N) is 9. The fraction of sp³-hybridized carbons (Fsp3) is 0.0842. The lowest BCUT2D eigenvalue weighted by molar-refractivity contribution is 0.569. The standard InChI is InChI=1S/C95H66BN9/c1-94(2,3)62-47-61(48-63(50-62)95(4,5)6)59-40-43-76-89(49-59)101(64-41-39-60(56-98)88(51-64)104-83-34-19-11-26-71(83)72-27-12-20-35-84(72)104)91-53-66(102-80-31-16-13-28-73(80)74-46-58(55-97)38-45-87(74)102)54-92-93(91)96(76)77-44-42-65(100-78-29-14-7-22-67(78)68-23-8-15-30-79(68)100)52-90(77)105(92)86-37-21-36-85(75(86)57-99)103-81-32-17-9-24-69(81)70-25-10-18-33-82(70)103/h7-54H,1-6H3/i7D,8D,13D,14D,15D,16D,22D,23D,28D,29D,30D,31D,38D,45D,46D. The van der Waals surface area contributed by atoms with Gasteiger partial charge in [0.15, 0.2) is 0 Å². The summed E-state index contributed by atoms with van der Waals surface area (Å²) in [5.41, 5.74) is 11.3. The fourth-order valence-electron chi connectivity index (χ4n) is 16.4. The molecule has 0 unspecified atom stereocenters. The van der Waals surface area contributed by atoms with Crippen LogP contribution in [0, 0.1) is 34.0 Å². The van der Waals surface area contributed by atoms with Crippen LogP contribution >= 0.6 is 0 Å². The first-order valence-corrected chi connectivity index (χ1v) is 34.7. The third-order valence-corrected chi connectivity index (χ3v) is 21.2. The van der Waals surface area contributed by atoms with E-state index in [0.717, 1.165) is 71.3 Å². The zero-order chi connectivity index (χ0) is 83.9. The molecule has 10 heteroatoms. The van der Waals surface area contributed by atoms with Crippen LogP contribution in [0.15, 0.2) is 291 Å². The van der Waals surface area contributed by atoms with E-state index in [1.165, 1.54) is 9.13 Å². The van der Waals surface area contributed by atoms with Gasteiger partial charge in [-0.25, -0.2) is 0 Å². The van der Waals surface area contributed by atoms with Crippen molar-refractivity contribution >= 4 is 144 Å². The van der Waals surface area contributed by atoms with E-state index in [0.29, 0.717) is 56.3 Å². The second kappa shape index (κ2) is 22.7. The van der Waals surface area contributed by atoms with Crippen LogP contribution in [0.2, 0.25) is 0 Å². The lowest BCUT2D eigenvalue weighted by Crippen LogP contribution is -2.61. The SMILES string of the molecule is [2H]c1c([2H])c([2H])c2c(c1[2H])c1c([2H])c([2H])c([2H])c([2H])c1n2-c1ccc2c(c1)N(c1cccc(-n3c4ccccc4c4ccccc43)c1C#N)c1cc(-n3c4c([2H])c([2H])c([2H])c([2H])c4c4c([2H])c(C#N)c([2H])c([2H])c43)cc3c1B2c1ccc(-c2cc(C(C)(C)C)cc(C(C)(C)C)c2)cc1N3c1ccc(C#N)c(-n2c3ccccc3c3ccccc32)c1. The van der Waals surface area contributed by atoms with Crippen LogP contribution in [-0.4, -0.2) is 25.0 Å². The Morgan fingerprint density at radius 2 is 0.790 bits per heavy atom. The van der Waals surface area contributed by atoms with Crippen LogP contribution in [0.25, 0.3) is 121 Å². The van der Waals surface area contributed by atoms with Gasteiger partial charge in [0.2, 0.25) is 0 Å². The summed E-state index contributed by atoms with van der Waals surface area (Å²) in [5.74, 6) is 0. The van der Waals surface area contributed by atoms with E-state index in [9.17, 15) is 33.6 Å². The predicted octanol–water partition coefficient (Wildman–Crippen LogP) is 22.0. The average molecular weight is 1360 g/mol. The molecule has 0 saturated carbocycles. The molecule has 2 aliphatic rings. The number of para-hydroxylation sites is 7. The number of aromatic nitrogens is 4. The first-order valence-electron chi connectivity index (χ1n) is 42.2. The van der Waals surface area contributed by atoms with Gasteiger partial charge >= 0.3 is 0 Å². The number of fused-ring (bicyclic) bond motifs is 16. The molecule has 0 N–H and O–H groups in total. The molecule has 14 aromatic carbocycles. The van der Waals surface area contributed by atoms with Crippen LogP contribution in [0.3, 0.4) is 0 Å². The number of nitriles is 3. The second-order valence-electron chi connectivity index (χ2n) is 29.1. The van der Waals surface area contributed by atoms with Gasteiger partial charge in [0, 0.05) is 77.2 Å². The lowest BCUT2D eigenvalue weighted by Gasteiger charge is -2.45. The molecule has 18 aromatic rings. The normalized spacial score (nSPS) is 14.8. The van der Waals surface area contributed by atoms with Gasteiger partial charge in [-0.2, -0.15) is 15.8 Å². The Hall–Kier alpha value is -13.6. The molecular formula is C95H66BN9. The summed E-state index contributed by atoms with van der Waals surface area (Å²) in [6.07, 6.45) is 0. The topological polar surface area (TPSA) is 97.6 Å². The predicted molar refractivity (Wildman–Crippen MR) is 435 cm³/mol. The van der Waals surface area contributed by atoms with Gasteiger partial charge < -0.3 is 28.1 Å². The summed E-state index contributed by atoms with van der Waals surface area (Å²) in [5, 5.41) is 37.9. The zero-order valence-electron chi connectivity index (χ0n) is 72.7. The van der Waals surface area contributed by atoms with E-state index in [4.69, 9.17) is 2.74 Å². The molecule has 0 spiro atoms. The van der Waals surface area contributed by atoms with Crippen LogP contribution in [0.1, 0.15) is 89.9 Å². The van der Waals surface area contributed by atoms with Crippen LogP contribution in [-0.2, 0) is 10.8 Å². The highest BCUT2D eigenvalue weighted by Gasteiger charge is 2.45. The van der Waals surface area contributed by atoms with E-state index in [-0.39, 0.29) is 77.1 Å². The summed E-state index contributed by atoms with van der Waals surface area (Å²) >= 11 is 0. The van der Waals surface area contributed by atoms with Crippen molar-refractivity contribution in [2.45, 2.75) is 52.4 Å². The van der Waals surface area contributed by atoms with Gasteiger partial charge in [-0.05, 0) is 171 Å². The minimum atomic E-state index is -0.884. The first kappa shape index (κ1) is 47.5. The number of benzene rings is 14. The molecule has 0 radical (unpaired) electrons. The molecule has 0 saturated heterocycles. The molecule has 0 atom stereocenters. The molecule has 105 heavy (non-hydrogen) atoms. The van der Waals surface area contributed by atoms with E-state index in [1.807, 2.05) is 149 Å². The zero-order valence-corrected chi connectivity index (χ0v) is 57.7. The smallest absolute Gasteiger partial charge is 0.252 e. The van der Waals surface area contributed by atoms with Crippen LogP contribution in [0.5, 0.6) is 0 Å². The monoisotopic (exact) mass is 1360 g/mol. The van der Waals surface area contributed by atoms with Crippen molar-refractivity contribution in [1.29, 1.82) is 15.8 Å². The molecule has 9 nitrogen and oxygen atoms in total. The molecule has 6 heterocycles. The minimum Gasteiger partial charge on any atom is -0.311 e. The van der Waals surface area contributed by atoms with Gasteiger partial charge in [-0.1, -0.05) is 211 Å². The summed E-state index contributed by atoms with van der Waals surface area (Å²) < 4.78 is 151. The number of hydrogen-bond donors (Lipinski definition) is 0. The second-order valence-corrected chi connectivity index (χ2v) is 29.1. The van der Waals surface area contributed by atoms with Crippen molar-refractivity contribution in [2.24, 2.45) is 0 Å². The Morgan fingerprint density at radius 1 is 0.324 bits per heavy atom. The molecule has 4 aromatic heterocycles. The quantitative estimate of drug-likeness (QED) is 0.148. The summed E-state index contributed by atoms with van der Waals surface area (Å²) in [4.78, 5) is 4.01. The van der Waals surface area contributed by atoms with Crippen molar-refractivity contribution in [2.75, 3.05) is 9.80 Å². The maximum absolute atomic E-state index is 12.6. The van der Waals surface area contributed by atoms with E-state index < -0.39 is 103 Å². The summed E-state index contributed by atoms with van der Waals surface area (Å²) in [6.45, 7) is 12.2. The van der Waals surface area contributed by atoms with Crippen molar-refractivity contribution < 1.29 is 20.6 Å². The summed E-state index contributed by atoms with van der Waals surface area (Å²) in [6, 6.07) is 63.3. The third kappa shape index (κ3) is 9.05. The highest BCUT2D eigenvalue weighted by molar-refractivity contribution is 7.00. The largest absolute Gasteiger partial charge is 0.311 e. The van der Waals surface area contributed by atoms with Gasteiger partial charge in [-0.3, -0.25) is 0 Å². The maximum Gasteiger partial charge on any atom is 0.252 e. The average Bonchev–Trinajstić information content (AvgIpc) is 1.05. The van der Waals surface area contributed by atoms with Crippen molar-refractivity contribution in [3.8, 4) is 52.1 Å². The number of hydrogen-bond acceptors (Lipinski definition) is 5. The van der Waals surface area contributed by atoms with Crippen molar-refractivity contribution in [3.05, 3.63) is 319 Å². The van der Waals surface area contributed by atoms with Crippen LogP contribution in [0.4, 0.5) is 34.1 Å². The molecule has 494 valence electrons. The van der Waals surface area contributed by atoms with Gasteiger partial charge in [0.25, 0.3) is 6.71 Å². The van der Waals surface area contributed by atoms with Crippen LogP contribution < -0.4 is 26.2 Å². The van der Waals surface area contributed by atoms with E-state index >= 15 is 0 Å². The molecule has 20 rings (SSSR count). The summed E-state index contributed by atoms with van der Waals surface area (Å²) in [7, 11) is 0. The molecule has 0 fully saturated rings. The number of rotatable bonds is 7. The van der Waals surface area contributed by atoms with Gasteiger partial charge in [0.05, 0.1) is 105 Å². The number of anilines is 6. The van der Waals surface area contributed by atoms with Crippen molar-refractivity contribution in [1.82, 2.24) is 18.3 Å². The van der Waals surface area contributed by atoms with E-state index in [1.54, 1.807) is 30.3 Å². The fourth-order valence-corrected chi connectivity index (χ4v) is 16.4. The Kier molecular flexibility index (Phi) is 10.3. The highest BCUT2D eigenvalue weighted by Crippen LogP contribution is 2.51. The van der Waals surface area contributed by atoms with E-state index in [2.05, 4.69) is 99.5 Å². The maximum atomic E-state index is 12.6. The highest BCUT2D eigenvalue weighted by atomic mass is 15.2. The van der Waals surface area contributed by atoms with Gasteiger partial charge in [-0.15, -0.1) is 0 Å². The molecule has 0 bridgehead atoms. The Balaban J connectivity index is 1.00. The molecule has 0 amide bonds. The third-order valence-electron chi connectivity index (χ3n) is 21.2. The Labute approximate surface area is 629 Å². The first-order chi connectivity index (χ1) is 57.5. The molecular weight excluding hydrogens is 1280 g/mol. The lowest BCUT2D eigenvalue weighted by atomic mass is 9.33. The Bertz CT molecular complexity index is 7700.